The fourth-order valence-electron chi connectivity index (χ4n) is 1.86. The van der Waals surface area contributed by atoms with Crippen LogP contribution in [-0.4, -0.2) is 17.6 Å². The van der Waals surface area contributed by atoms with Gasteiger partial charge >= 0.3 is 5.97 Å². The molecule has 2 rings (SSSR count). The first kappa shape index (κ1) is 6.16. The first-order valence-corrected chi connectivity index (χ1v) is 3.68. The SMILES string of the molecule is NC1CC2(CCC(=O)O2)C1. The Morgan fingerprint density at radius 2 is 2.30 bits per heavy atom. The van der Waals surface area contributed by atoms with E-state index in [9.17, 15) is 4.79 Å². The summed E-state index contributed by atoms with van der Waals surface area (Å²) in [5.74, 6) is -0.0492. The Morgan fingerprint density at radius 3 is 2.70 bits per heavy atom. The van der Waals surface area contributed by atoms with Crippen molar-refractivity contribution >= 4 is 5.97 Å². The number of rotatable bonds is 0. The number of esters is 1. The van der Waals surface area contributed by atoms with Crippen molar-refractivity contribution < 1.29 is 9.53 Å². The van der Waals surface area contributed by atoms with Gasteiger partial charge in [-0.2, -0.15) is 0 Å². The third kappa shape index (κ3) is 0.736. The van der Waals surface area contributed by atoms with E-state index < -0.39 is 0 Å². The number of ether oxygens (including phenoxy) is 1. The van der Waals surface area contributed by atoms with Gasteiger partial charge in [-0.05, 0) is 6.42 Å². The molecule has 0 amide bonds. The van der Waals surface area contributed by atoms with Gasteiger partial charge in [-0.15, -0.1) is 0 Å². The third-order valence-electron chi connectivity index (χ3n) is 2.38. The molecule has 2 aliphatic rings. The monoisotopic (exact) mass is 141 g/mol. The van der Waals surface area contributed by atoms with Crippen LogP contribution in [0.5, 0.6) is 0 Å². The van der Waals surface area contributed by atoms with Crippen molar-refractivity contribution in [3.05, 3.63) is 0 Å². The van der Waals surface area contributed by atoms with Crippen LogP contribution in [0, 0.1) is 0 Å². The van der Waals surface area contributed by atoms with E-state index in [4.69, 9.17) is 10.5 Å². The summed E-state index contributed by atoms with van der Waals surface area (Å²) >= 11 is 0. The van der Waals surface area contributed by atoms with Crippen LogP contribution in [0.25, 0.3) is 0 Å². The highest BCUT2D eigenvalue weighted by Gasteiger charge is 2.49. The van der Waals surface area contributed by atoms with E-state index in [1.54, 1.807) is 0 Å². The van der Waals surface area contributed by atoms with E-state index in [0.29, 0.717) is 6.42 Å². The predicted octanol–water partition coefficient (Wildman–Crippen LogP) is 0.183. The molecule has 0 aromatic carbocycles. The quantitative estimate of drug-likeness (QED) is 0.490. The van der Waals surface area contributed by atoms with Gasteiger partial charge in [0.05, 0.1) is 0 Å². The molecule has 1 spiro atoms. The maximum absolute atomic E-state index is 10.7. The number of nitrogens with two attached hydrogens (primary N) is 1. The fourth-order valence-corrected chi connectivity index (χ4v) is 1.86. The Hall–Kier alpha value is -0.570. The average molecular weight is 141 g/mol. The standard InChI is InChI=1S/C7H11NO2/c8-5-3-7(4-5)2-1-6(9)10-7/h5H,1-4,8H2. The zero-order valence-corrected chi connectivity index (χ0v) is 5.80. The third-order valence-corrected chi connectivity index (χ3v) is 2.38. The van der Waals surface area contributed by atoms with Crippen LogP contribution in [-0.2, 0) is 9.53 Å². The molecule has 1 heterocycles. The van der Waals surface area contributed by atoms with Gasteiger partial charge in [0.25, 0.3) is 0 Å². The first-order chi connectivity index (χ1) is 4.70. The second kappa shape index (κ2) is 1.72. The summed E-state index contributed by atoms with van der Waals surface area (Å²) in [5.41, 5.74) is 5.47. The number of hydrogen-bond acceptors (Lipinski definition) is 3. The summed E-state index contributed by atoms with van der Waals surface area (Å²) in [7, 11) is 0. The van der Waals surface area contributed by atoms with Gasteiger partial charge in [0.1, 0.15) is 5.60 Å². The molecule has 1 aliphatic heterocycles. The molecule has 0 aromatic heterocycles. The molecule has 2 fully saturated rings. The number of carbonyl (C=O) groups excluding carboxylic acids is 1. The molecule has 56 valence electrons. The maximum atomic E-state index is 10.7. The van der Waals surface area contributed by atoms with Crippen LogP contribution in [0.3, 0.4) is 0 Å². The number of carbonyl (C=O) groups is 1. The van der Waals surface area contributed by atoms with Gasteiger partial charge in [-0.25, -0.2) is 0 Å². The lowest BCUT2D eigenvalue weighted by atomic mass is 9.74. The minimum absolute atomic E-state index is 0.0492. The summed E-state index contributed by atoms with van der Waals surface area (Å²) in [5, 5.41) is 0. The van der Waals surface area contributed by atoms with Crippen LogP contribution >= 0.6 is 0 Å². The Morgan fingerprint density at radius 1 is 1.60 bits per heavy atom. The molecule has 0 atom stereocenters. The molecule has 0 aromatic rings. The van der Waals surface area contributed by atoms with E-state index in [-0.39, 0.29) is 17.6 Å². The summed E-state index contributed by atoms with van der Waals surface area (Å²) in [6.45, 7) is 0. The Balaban J connectivity index is 2.01. The smallest absolute Gasteiger partial charge is 0.306 e. The molecule has 1 aliphatic carbocycles. The lowest BCUT2D eigenvalue weighted by Gasteiger charge is -2.41. The summed E-state index contributed by atoms with van der Waals surface area (Å²) in [4.78, 5) is 10.7. The average Bonchev–Trinajstić information content (AvgIpc) is 2.10. The molecule has 0 radical (unpaired) electrons. The second-order valence-corrected chi connectivity index (χ2v) is 3.33. The molecule has 1 saturated heterocycles. The minimum atomic E-state index is -0.115. The van der Waals surface area contributed by atoms with Crippen molar-refractivity contribution in [1.29, 1.82) is 0 Å². The second-order valence-electron chi connectivity index (χ2n) is 3.33. The van der Waals surface area contributed by atoms with Gasteiger partial charge < -0.3 is 10.5 Å². The van der Waals surface area contributed by atoms with Crippen molar-refractivity contribution in [3.8, 4) is 0 Å². The van der Waals surface area contributed by atoms with Crippen molar-refractivity contribution in [2.75, 3.05) is 0 Å². The van der Waals surface area contributed by atoms with E-state index in [2.05, 4.69) is 0 Å². The van der Waals surface area contributed by atoms with Gasteiger partial charge in [-0.1, -0.05) is 0 Å². The molecule has 0 unspecified atom stereocenters. The first-order valence-electron chi connectivity index (χ1n) is 3.68. The topological polar surface area (TPSA) is 52.3 Å². The lowest BCUT2D eigenvalue weighted by molar-refractivity contribution is -0.156. The molecule has 3 heteroatoms. The van der Waals surface area contributed by atoms with E-state index in [1.165, 1.54) is 0 Å². The molecule has 1 saturated carbocycles. The Bertz CT molecular complexity index is 172. The largest absolute Gasteiger partial charge is 0.459 e. The van der Waals surface area contributed by atoms with Gasteiger partial charge in [0.2, 0.25) is 0 Å². The summed E-state index contributed by atoms with van der Waals surface area (Å²) in [6.07, 6.45) is 3.23. The lowest BCUT2D eigenvalue weighted by Crippen LogP contribution is -2.51. The zero-order valence-electron chi connectivity index (χ0n) is 5.80. The normalized spacial score (nSPS) is 45.3. The molecule has 3 nitrogen and oxygen atoms in total. The predicted molar refractivity (Wildman–Crippen MR) is 35.3 cm³/mol. The van der Waals surface area contributed by atoms with Crippen LogP contribution in [0.15, 0.2) is 0 Å². The number of hydrogen-bond donors (Lipinski definition) is 1. The Kier molecular flexibility index (Phi) is 1.06. The van der Waals surface area contributed by atoms with Gasteiger partial charge in [-0.3, -0.25) is 4.79 Å². The highest BCUT2D eigenvalue weighted by atomic mass is 16.6. The molecule has 2 N–H and O–H groups in total. The highest BCUT2D eigenvalue weighted by Crippen LogP contribution is 2.42. The van der Waals surface area contributed by atoms with Crippen LogP contribution < -0.4 is 5.73 Å². The highest BCUT2D eigenvalue weighted by molar-refractivity contribution is 5.72. The van der Waals surface area contributed by atoms with E-state index >= 15 is 0 Å². The van der Waals surface area contributed by atoms with Crippen molar-refractivity contribution in [2.45, 2.75) is 37.3 Å². The van der Waals surface area contributed by atoms with Gasteiger partial charge in [0.15, 0.2) is 0 Å². The van der Waals surface area contributed by atoms with Crippen molar-refractivity contribution in [2.24, 2.45) is 5.73 Å². The molecule has 10 heavy (non-hydrogen) atoms. The summed E-state index contributed by atoms with van der Waals surface area (Å²) in [6, 6.07) is 0.269. The van der Waals surface area contributed by atoms with E-state index in [1.807, 2.05) is 0 Å². The van der Waals surface area contributed by atoms with Crippen molar-refractivity contribution in [1.82, 2.24) is 0 Å². The maximum Gasteiger partial charge on any atom is 0.306 e. The van der Waals surface area contributed by atoms with E-state index in [0.717, 1.165) is 19.3 Å². The van der Waals surface area contributed by atoms with Crippen molar-refractivity contribution in [3.63, 3.8) is 0 Å². The van der Waals surface area contributed by atoms with Crippen LogP contribution in [0.2, 0.25) is 0 Å². The molecular weight excluding hydrogens is 130 g/mol. The zero-order chi connectivity index (χ0) is 7.19. The summed E-state index contributed by atoms with van der Waals surface area (Å²) < 4.78 is 5.14. The minimum Gasteiger partial charge on any atom is -0.459 e. The van der Waals surface area contributed by atoms with Crippen LogP contribution in [0.1, 0.15) is 25.7 Å². The molecule has 0 bridgehead atoms. The van der Waals surface area contributed by atoms with Gasteiger partial charge in [0, 0.05) is 25.3 Å². The Labute approximate surface area is 59.5 Å². The fraction of sp³-hybridized carbons (Fsp3) is 0.857. The molecular formula is C7H11NO2. The van der Waals surface area contributed by atoms with Crippen LogP contribution in [0.4, 0.5) is 0 Å².